The first-order valence-electron chi connectivity index (χ1n) is 7.20. The van der Waals surface area contributed by atoms with Crippen molar-refractivity contribution in [1.29, 1.82) is 0 Å². The van der Waals surface area contributed by atoms with E-state index in [1.807, 2.05) is 0 Å². The lowest BCUT2D eigenvalue weighted by molar-refractivity contribution is 0.353. The van der Waals surface area contributed by atoms with Crippen molar-refractivity contribution in [2.24, 2.45) is 0 Å². The Bertz CT molecular complexity index is 590. The molecule has 3 rings (SSSR count). The molecule has 2 aromatic rings. The Kier molecular flexibility index (Phi) is 4.51. The Morgan fingerprint density at radius 3 is 2.90 bits per heavy atom. The first-order valence-corrected chi connectivity index (χ1v) is 7.58. The van der Waals surface area contributed by atoms with Gasteiger partial charge in [-0.25, -0.2) is 4.39 Å². The maximum atomic E-state index is 13.7. The van der Waals surface area contributed by atoms with Crippen LogP contribution in [0.25, 0.3) is 0 Å². The van der Waals surface area contributed by atoms with Crippen molar-refractivity contribution in [3.05, 3.63) is 46.3 Å². The van der Waals surface area contributed by atoms with E-state index in [4.69, 9.17) is 16.1 Å². The number of nitrogens with zero attached hydrogens (tertiary/aromatic N) is 2. The van der Waals surface area contributed by atoms with E-state index in [0.29, 0.717) is 34.9 Å². The molecule has 1 aliphatic rings. The van der Waals surface area contributed by atoms with Crippen LogP contribution in [-0.2, 0) is 13.0 Å². The third-order valence-corrected chi connectivity index (χ3v) is 4.16. The van der Waals surface area contributed by atoms with Gasteiger partial charge in [0.1, 0.15) is 5.82 Å². The smallest absolute Gasteiger partial charge is 0.240 e. The maximum Gasteiger partial charge on any atom is 0.240 e. The van der Waals surface area contributed by atoms with E-state index in [1.165, 1.54) is 31.7 Å². The molecule has 0 amide bonds. The number of rotatable bonds is 5. The number of nitrogens with one attached hydrogen (secondary N) is 1. The van der Waals surface area contributed by atoms with Gasteiger partial charge in [0.25, 0.3) is 0 Å². The summed E-state index contributed by atoms with van der Waals surface area (Å²) < 4.78 is 18.9. The van der Waals surface area contributed by atoms with E-state index in [0.717, 1.165) is 0 Å². The van der Waals surface area contributed by atoms with Crippen LogP contribution in [0.3, 0.4) is 0 Å². The Labute approximate surface area is 127 Å². The quantitative estimate of drug-likeness (QED) is 0.918. The summed E-state index contributed by atoms with van der Waals surface area (Å²) in [4.78, 5) is 4.28. The molecular weight excluding hydrogens is 293 g/mol. The molecule has 1 N–H and O–H groups in total. The van der Waals surface area contributed by atoms with E-state index in [2.05, 4.69) is 15.5 Å². The minimum absolute atomic E-state index is 0.235. The molecule has 0 spiro atoms. The summed E-state index contributed by atoms with van der Waals surface area (Å²) in [7, 11) is 0. The highest BCUT2D eigenvalue weighted by molar-refractivity contribution is 6.31. The first kappa shape index (κ1) is 14.5. The number of hydrogen-bond donors (Lipinski definition) is 1. The van der Waals surface area contributed by atoms with Crippen LogP contribution < -0.4 is 5.32 Å². The molecule has 1 heterocycles. The monoisotopic (exact) mass is 309 g/mol. The third-order valence-electron chi connectivity index (χ3n) is 3.80. The zero-order chi connectivity index (χ0) is 14.7. The van der Waals surface area contributed by atoms with Crippen LogP contribution in [0.1, 0.15) is 43.0 Å². The van der Waals surface area contributed by atoms with Crippen LogP contribution >= 0.6 is 11.6 Å². The summed E-state index contributed by atoms with van der Waals surface area (Å²) in [5, 5.41) is 7.67. The average Bonchev–Trinajstić information content (AvgIpc) is 3.12. The van der Waals surface area contributed by atoms with Crippen molar-refractivity contribution in [3.63, 3.8) is 0 Å². The van der Waals surface area contributed by atoms with Gasteiger partial charge >= 0.3 is 0 Å². The fourth-order valence-corrected chi connectivity index (χ4v) is 2.88. The normalized spacial score (nSPS) is 15.7. The summed E-state index contributed by atoms with van der Waals surface area (Å²) in [5.74, 6) is 0.632. The largest absolute Gasteiger partial charge is 0.338 e. The van der Waals surface area contributed by atoms with Crippen LogP contribution in [0.5, 0.6) is 0 Å². The molecule has 1 aliphatic carbocycles. The van der Waals surface area contributed by atoms with Crippen molar-refractivity contribution in [2.75, 3.05) is 0 Å². The van der Waals surface area contributed by atoms with Gasteiger partial charge in [0.2, 0.25) is 5.89 Å². The summed E-state index contributed by atoms with van der Waals surface area (Å²) in [6, 6.07) is 5.15. The first-order chi connectivity index (χ1) is 10.2. The zero-order valence-electron chi connectivity index (χ0n) is 11.6. The van der Waals surface area contributed by atoms with Crippen molar-refractivity contribution < 1.29 is 8.91 Å². The predicted molar refractivity (Wildman–Crippen MR) is 77.6 cm³/mol. The van der Waals surface area contributed by atoms with Gasteiger partial charge in [0.15, 0.2) is 5.82 Å². The number of halogens is 2. The second-order valence-electron chi connectivity index (χ2n) is 5.34. The highest BCUT2D eigenvalue weighted by atomic mass is 35.5. The zero-order valence-corrected chi connectivity index (χ0v) is 12.4. The summed E-state index contributed by atoms with van der Waals surface area (Å²) in [6.45, 7) is 0.558. The van der Waals surface area contributed by atoms with Crippen molar-refractivity contribution in [3.8, 4) is 0 Å². The van der Waals surface area contributed by atoms with Gasteiger partial charge in [-0.3, -0.25) is 0 Å². The van der Waals surface area contributed by atoms with Crippen LogP contribution in [0.15, 0.2) is 22.7 Å². The Morgan fingerprint density at radius 2 is 2.14 bits per heavy atom. The van der Waals surface area contributed by atoms with Crippen LogP contribution in [0.4, 0.5) is 4.39 Å². The number of aromatic nitrogens is 2. The lowest BCUT2D eigenvalue weighted by Gasteiger charge is -2.08. The second kappa shape index (κ2) is 6.54. The van der Waals surface area contributed by atoms with E-state index in [9.17, 15) is 4.39 Å². The molecule has 21 heavy (non-hydrogen) atoms. The number of hydrogen-bond acceptors (Lipinski definition) is 4. The lowest BCUT2D eigenvalue weighted by Crippen LogP contribution is -2.25. The molecule has 0 atom stereocenters. The summed E-state index contributed by atoms with van der Waals surface area (Å²) in [5.41, 5.74) is 0.398. The van der Waals surface area contributed by atoms with Crippen molar-refractivity contribution in [2.45, 2.75) is 44.7 Å². The average molecular weight is 310 g/mol. The van der Waals surface area contributed by atoms with E-state index < -0.39 is 0 Å². The van der Waals surface area contributed by atoms with E-state index >= 15 is 0 Å². The van der Waals surface area contributed by atoms with Crippen LogP contribution in [0.2, 0.25) is 5.02 Å². The molecule has 1 aromatic heterocycles. The fraction of sp³-hybridized carbons (Fsp3) is 0.467. The highest BCUT2D eigenvalue weighted by Crippen LogP contribution is 2.21. The van der Waals surface area contributed by atoms with Crippen LogP contribution in [0, 0.1) is 5.82 Å². The standard InChI is InChI=1S/C15H17ClFN3O/c16-12-6-3-7-13(17)11(12)8-14-19-15(21-20-14)9-18-10-4-1-2-5-10/h3,6-7,10,18H,1-2,4-5,8-9H2. The molecule has 0 saturated heterocycles. The molecule has 0 bridgehead atoms. The van der Waals surface area contributed by atoms with Gasteiger partial charge in [-0.2, -0.15) is 4.98 Å². The predicted octanol–water partition coefficient (Wildman–Crippen LogP) is 3.49. The van der Waals surface area contributed by atoms with Gasteiger partial charge in [0, 0.05) is 23.0 Å². The maximum absolute atomic E-state index is 13.7. The van der Waals surface area contributed by atoms with Gasteiger partial charge in [0.05, 0.1) is 6.54 Å². The summed E-state index contributed by atoms with van der Waals surface area (Å²) >= 11 is 5.99. The molecule has 1 aromatic carbocycles. The molecule has 0 aliphatic heterocycles. The van der Waals surface area contributed by atoms with Gasteiger partial charge in [-0.1, -0.05) is 35.7 Å². The molecule has 4 nitrogen and oxygen atoms in total. The van der Waals surface area contributed by atoms with Crippen LogP contribution in [-0.4, -0.2) is 16.2 Å². The van der Waals surface area contributed by atoms with Crippen molar-refractivity contribution >= 4 is 11.6 Å². The molecule has 1 fully saturated rings. The van der Waals surface area contributed by atoms with Gasteiger partial charge in [-0.15, -0.1) is 0 Å². The molecule has 1 saturated carbocycles. The van der Waals surface area contributed by atoms with Crippen molar-refractivity contribution in [1.82, 2.24) is 15.5 Å². The van der Waals surface area contributed by atoms with Gasteiger partial charge in [-0.05, 0) is 25.0 Å². The Morgan fingerprint density at radius 1 is 1.33 bits per heavy atom. The van der Waals surface area contributed by atoms with E-state index in [1.54, 1.807) is 12.1 Å². The lowest BCUT2D eigenvalue weighted by atomic mass is 10.1. The Hall–Kier alpha value is -1.46. The topological polar surface area (TPSA) is 51.0 Å². The Balaban J connectivity index is 1.62. The molecule has 6 heteroatoms. The highest BCUT2D eigenvalue weighted by Gasteiger charge is 2.16. The molecular formula is C15H17ClFN3O. The summed E-state index contributed by atoms with van der Waals surface area (Å²) in [6.07, 6.45) is 5.19. The minimum atomic E-state index is -0.349. The third kappa shape index (κ3) is 3.60. The molecule has 0 unspecified atom stereocenters. The second-order valence-corrected chi connectivity index (χ2v) is 5.75. The SMILES string of the molecule is Fc1cccc(Cl)c1Cc1noc(CNC2CCCC2)n1. The van der Waals surface area contributed by atoms with E-state index in [-0.39, 0.29) is 12.2 Å². The number of benzene rings is 1. The fourth-order valence-electron chi connectivity index (χ4n) is 2.65. The molecule has 112 valence electrons. The van der Waals surface area contributed by atoms with Gasteiger partial charge < -0.3 is 9.84 Å². The minimum Gasteiger partial charge on any atom is -0.338 e. The molecule has 0 radical (unpaired) electrons.